The summed E-state index contributed by atoms with van der Waals surface area (Å²) in [4.78, 5) is 23.9. The van der Waals surface area contributed by atoms with E-state index in [9.17, 15) is 19.1 Å². The standard InChI is InChI=1S/C9H13FN2O3S/c1-5(4-16-2)3-12-8(14)6(10)7(13)11-9(12)15/h5,14H,3-4H2,1-2H3,(H,11,13,15). The first-order chi connectivity index (χ1) is 7.47. The molecule has 1 rings (SSSR count). The number of rotatable bonds is 4. The van der Waals surface area contributed by atoms with Crippen LogP contribution >= 0.6 is 11.8 Å². The highest BCUT2D eigenvalue weighted by Crippen LogP contribution is 2.12. The van der Waals surface area contributed by atoms with Crippen LogP contribution in [0.1, 0.15) is 6.92 Å². The van der Waals surface area contributed by atoms with Crippen molar-refractivity contribution in [3.8, 4) is 5.88 Å². The quantitative estimate of drug-likeness (QED) is 0.807. The van der Waals surface area contributed by atoms with Gasteiger partial charge in [-0.05, 0) is 17.9 Å². The fourth-order valence-electron chi connectivity index (χ4n) is 1.35. The fraction of sp³-hybridized carbons (Fsp3) is 0.556. The number of halogens is 1. The number of hydrogen-bond donors (Lipinski definition) is 2. The predicted molar refractivity (Wildman–Crippen MR) is 60.5 cm³/mol. The monoisotopic (exact) mass is 248 g/mol. The van der Waals surface area contributed by atoms with Gasteiger partial charge in [0.05, 0.1) is 0 Å². The maximum Gasteiger partial charge on any atom is 0.331 e. The molecule has 0 aromatic carbocycles. The van der Waals surface area contributed by atoms with Crippen LogP contribution < -0.4 is 11.2 Å². The van der Waals surface area contributed by atoms with Crippen LogP contribution in [0.25, 0.3) is 0 Å². The van der Waals surface area contributed by atoms with E-state index in [1.807, 2.05) is 13.2 Å². The number of H-pyrrole nitrogens is 1. The Balaban J connectivity index is 3.10. The molecule has 5 nitrogen and oxygen atoms in total. The molecule has 2 N–H and O–H groups in total. The van der Waals surface area contributed by atoms with Gasteiger partial charge in [0, 0.05) is 6.54 Å². The van der Waals surface area contributed by atoms with Gasteiger partial charge in [0.1, 0.15) is 0 Å². The van der Waals surface area contributed by atoms with Crippen LogP contribution in [-0.4, -0.2) is 26.7 Å². The second kappa shape index (κ2) is 5.20. The number of aromatic hydroxyl groups is 1. The molecular weight excluding hydrogens is 235 g/mol. The molecule has 0 amide bonds. The van der Waals surface area contributed by atoms with E-state index in [0.717, 1.165) is 10.3 Å². The fourth-order valence-corrected chi connectivity index (χ4v) is 2.03. The maximum atomic E-state index is 13.0. The van der Waals surface area contributed by atoms with E-state index in [2.05, 4.69) is 0 Å². The van der Waals surface area contributed by atoms with Crippen LogP contribution in [-0.2, 0) is 6.54 Å². The lowest BCUT2D eigenvalue weighted by Gasteiger charge is -2.13. The molecule has 16 heavy (non-hydrogen) atoms. The van der Waals surface area contributed by atoms with E-state index in [-0.39, 0.29) is 12.5 Å². The smallest absolute Gasteiger partial charge is 0.331 e. The van der Waals surface area contributed by atoms with Crippen molar-refractivity contribution in [1.82, 2.24) is 9.55 Å². The SMILES string of the molecule is CSCC(C)Cn1c(O)c(F)c(=O)[nH]c1=O. The zero-order valence-electron chi connectivity index (χ0n) is 8.99. The Labute approximate surface area is 95.3 Å². The van der Waals surface area contributed by atoms with Crippen molar-refractivity contribution in [2.45, 2.75) is 13.5 Å². The summed E-state index contributed by atoms with van der Waals surface area (Å²) in [7, 11) is 0. The summed E-state index contributed by atoms with van der Waals surface area (Å²) in [5, 5.41) is 9.34. The van der Waals surface area contributed by atoms with E-state index in [1.165, 1.54) is 0 Å². The van der Waals surface area contributed by atoms with Crippen molar-refractivity contribution in [1.29, 1.82) is 0 Å². The Kier molecular flexibility index (Phi) is 4.17. The molecule has 0 bridgehead atoms. The van der Waals surface area contributed by atoms with Gasteiger partial charge in [0.25, 0.3) is 5.56 Å². The van der Waals surface area contributed by atoms with Crippen molar-refractivity contribution >= 4 is 11.8 Å². The summed E-state index contributed by atoms with van der Waals surface area (Å²) in [5.74, 6) is -1.37. The van der Waals surface area contributed by atoms with Crippen molar-refractivity contribution in [3.63, 3.8) is 0 Å². The molecule has 1 aromatic heterocycles. The van der Waals surface area contributed by atoms with Gasteiger partial charge < -0.3 is 5.11 Å². The Morgan fingerprint density at radius 3 is 2.75 bits per heavy atom. The Hall–Kier alpha value is -1.24. The van der Waals surface area contributed by atoms with Gasteiger partial charge in [-0.15, -0.1) is 0 Å². The first-order valence-electron chi connectivity index (χ1n) is 4.68. The number of hydrogen-bond acceptors (Lipinski definition) is 4. The molecular formula is C9H13FN2O3S. The zero-order chi connectivity index (χ0) is 12.3. The van der Waals surface area contributed by atoms with E-state index in [4.69, 9.17) is 0 Å². The molecule has 1 heterocycles. The van der Waals surface area contributed by atoms with Crippen LogP contribution in [0.5, 0.6) is 5.88 Å². The van der Waals surface area contributed by atoms with E-state index >= 15 is 0 Å². The summed E-state index contributed by atoms with van der Waals surface area (Å²) in [6.07, 6.45) is 1.91. The van der Waals surface area contributed by atoms with Gasteiger partial charge in [0.15, 0.2) is 0 Å². The molecule has 90 valence electrons. The third-order valence-corrected chi connectivity index (χ3v) is 2.96. The van der Waals surface area contributed by atoms with Gasteiger partial charge >= 0.3 is 5.69 Å². The molecule has 1 atom stereocenters. The van der Waals surface area contributed by atoms with Gasteiger partial charge in [0.2, 0.25) is 11.7 Å². The minimum atomic E-state index is -1.32. The third-order valence-electron chi connectivity index (χ3n) is 2.06. The zero-order valence-corrected chi connectivity index (χ0v) is 9.81. The van der Waals surface area contributed by atoms with Crippen LogP contribution in [0.15, 0.2) is 9.59 Å². The molecule has 0 spiro atoms. The highest BCUT2D eigenvalue weighted by Gasteiger charge is 2.15. The summed E-state index contributed by atoms with van der Waals surface area (Å²) in [6, 6.07) is 0. The van der Waals surface area contributed by atoms with Crippen LogP contribution in [0.4, 0.5) is 4.39 Å². The minimum Gasteiger partial charge on any atom is -0.492 e. The van der Waals surface area contributed by atoms with Crippen molar-refractivity contribution < 1.29 is 9.50 Å². The Morgan fingerprint density at radius 1 is 1.56 bits per heavy atom. The largest absolute Gasteiger partial charge is 0.492 e. The number of nitrogens with zero attached hydrogens (tertiary/aromatic N) is 1. The van der Waals surface area contributed by atoms with E-state index in [0.29, 0.717) is 0 Å². The lowest BCUT2D eigenvalue weighted by atomic mass is 10.2. The number of aromatic nitrogens is 2. The van der Waals surface area contributed by atoms with Crippen molar-refractivity contribution in [2.75, 3.05) is 12.0 Å². The molecule has 0 saturated heterocycles. The minimum absolute atomic E-state index is 0.0869. The maximum absolute atomic E-state index is 13.0. The lowest BCUT2D eigenvalue weighted by molar-refractivity contribution is 0.344. The average molecular weight is 248 g/mol. The van der Waals surface area contributed by atoms with E-state index in [1.54, 1.807) is 16.7 Å². The number of aromatic amines is 1. The van der Waals surface area contributed by atoms with Crippen LogP contribution in [0, 0.1) is 11.7 Å². The molecule has 0 radical (unpaired) electrons. The Bertz CT molecular complexity index is 483. The van der Waals surface area contributed by atoms with Crippen LogP contribution in [0.2, 0.25) is 0 Å². The molecule has 0 aliphatic heterocycles. The molecule has 0 saturated carbocycles. The topological polar surface area (TPSA) is 75.1 Å². The lowest BCUT2D eigenvalue weighted by Crippen LogP contribution is -2.33. The molecule has 1 unspecified atom stereocenters. The van der Waals surface area contributed by atoms with Gasteiger partial charge in [-0.1, -0.05) is 6.92 Å². The molecule has 0 fully saturated rings. The van der Waals surface area contributed by atoms with Crippen LogP contribution in [0.3, 0.4) is 0 Å². The normalized spacial score (nSPS) is 12.7. The first kappa shape index (κ1) is 12.8. The summed E-state index contributed by atoms with van der Waals surface area (Å²) < 4.78 is 13.9. The highest BCUT2D eigenvalue weighted by atomic mass is 32.2. The summed E-state index contributed by atoms with van der Waals surface area (Å²) in [5.41, 5.74) is -1.99. The Morgan fingerprint density at radius 2 is 2.19 bits per heavy atom. The number of thioether (sulfide) groups is 1. The summed E-state index contributed by atoms with van der Waals surface area (Å²) >= 11 is 1.59. The van der Waals surface area contributed by atoms with E-state index < -0.39 is 22.9 Å². The van der Waals surface area contributed by atoms with Crippen molar-refractivity contribution in [2.24, 2.45) is 5.92 Å². The molecule has 0 aliphatic carbocycles. The summed E-state index contributed by atoms with van der Waals surface area (Å²) in [6.45, 7) is 2.03. The third kappa shape index (κ3) is 2.66. The molecule has 7 heteroatoms. The second-order valence-electron chi connectivity index (χ2n) is 3.57. The van der Waals surface area contributed by atoms with Gasteiger partial charge in [-0.3, -0.25) is 14.3 Å². The average Bonchev–Trinajstić information content (AvgIpc) is 2.22. The number of nitrogens with one attached hydrogen (secondary N) is 1. The second-order valence-corrected chi connectivity index (χ2v) is 4.48. The molecule has 1 aromatic rings. The highest BCUT2D eigenvalue weighted by molar-refractivity contribution is 7.98. The van der Waals surface area contributed by atoms with Gasteiger partial charge in [-0.25, -0.2) is 4.79 Å². The predicted octanol–water partition coefficient (Wildman–Crippen LogP) is 0.380. The van der Waals surface area contributed by atoms with Gasteiger partial charge in [-0.2, -0.15) is 16.2 Å². The molecule has 0 aliphatic rings. The van der Waals surface area contributed by atoms with Crippen molar-refractivity contribution in [3.05, 3.63) is 26.7 Å². The first-order valence-corrected chi connectivity index (χ1v) is 6.07.